The summed E-state index contributed by atoms with van der Waals surface area (Å²) in [7, 11) is 3.84. The summed E-state index contributed by atoms with van der Waals surface area (Å²) in [5.74, 6) is 0.867. The Morgan fingerprint density at radius 3 is 2.76 bits per heavy atom. The van der Waals surface area contributed by atoms with Gasteiger partial charge >= 0.3 is 0 Å². The number of aryl methyl sites for hydroxylation is 2. The van der Waals surface area contributed by atoms with E-state index in [0.29, 0.717) is 6.04 Å². The SMILES string of the molecule is CN=C(NCC(C)N1CCc2sccc2C1)NC(C)Cc1c(C)nn(C)c1C.I. The van der Waals surface area contributed by atoms with Gasteiger partial charge in [-0.1, -0.05) is 0 Å². The van der Waals surface area contributed by atoms with E-state index in [9.17, 15) is 0 Å². The van der Waals surface area contributed by atoms with Crippen molar-refractivity contribution in [3.05, 3.63) is 38.8 Å². The molecule has 2 N–H and O–H groups in total. The Balaban J connectivity index is 0.00000300. The molecule has 2 atom stereocenters. The first-order chi connectivity index (χ1) is 13.4. The van der Waals surface area contributed by atoms with E-state index in [1.165, 1.54) is 23.2 Å². The Labute approximate surface area is 196 Å². The first-order valence-corrected chi connectivity index (χ1v) is 11.0. The second-order valence-corrected chi connectivity index (χ2v) is 8.91. The second-order valence-electron chi connectivity index (χ2n) is 7.91. The van der Waals surface area contributed by atoms with E-state index in [0.717, 1.165) is 37.7 Å². The van der Waals surface area contributed by atoms with Crippen LogP contribution in [0.15, 0.2) is 16.4 Å². The minimum absolute atomic E-state index is 0. The lowest BCUT2D eigenvalue weighted by molar-refractivity contribution is 0.192. The summed E-state index contributed by atoms with van der Waals surface area (Å²) in [6, 6.07) is 3.02. The highest BCUT2D eigenvalue weighted by Gasteiger charge is 2.21. The average molecular weight is 531 g/mol. The summed E-state index contributed by atoms with van der Waals surface area (Å²) in [5.41, 5.74) is 5.18. The monoisotopic (exact) mass is 530 g/mol. The second kappa shape index (κ2) is 10.8. The molecule has 2 unspecified atom stereocenters. The quantitative estimate of drug-likeness (QED) is 0.342. The number of rotatable bonds is 6. The first-order valence-electron chi connectivity index (χ1n) is 10.1. The lowest BCUT2D eigenvalue weighted by Crippen LogP contribution is -2.49. The van der Waals surface area contributed by atoms with Crippen molar-refractivity contribution in [1.82, 2.24) is 25.3 Å². The maximum atomic E-state index is 4.52. The van der Waals surface area contributed by atoms with Crippen LogP contribution < -0.4 is 10.6 Å². The van der Waals surface area contributed by atoms with Gasteiger partial charge in [0.05, 0.1) is 5.69 Å². The van der Waals surface area contributed by atoms with E-state index in [1.807, 2.05) is 30.1 Å². The van der Waals surface area contributed by atoms with Gasteiger partial charge in [0.25, 0.3) is 0 Å². The lowest BCUT2D eigenvalue weighted by atomic mass is 10.1. The lowest BCUT2D eigenvalue weighted by Gasteiger charge is -2.33. The average Bonchev–Trinajstić information content (AvgIpc) is 3.24. The normalized spacial score (nSPS) is 16.7. The molecule has 0 amide bonds. The molecule has 3 rings (SSSR count). The number of aromatic nitrogens is 2. The third-order valence-corrected chi connectivity index (χ3v) is 6.82. The van der Waals surface area contributed by atoms with Crippen molar-refractivity contribution >= 4 is 41.3 Å². The van der Waals surface area contributed by atoms with Crippen molar-refractivity contribution in [2.45, 2.75) is 59.2 Å². The Morgan fingerprint density at radius 1 is 1.34 bits per heavy atom. The minimum Gasteiger partial charge on any atom is -0.355 e. The molecule has 6 nitrogen and oxygen atoms in total. The van der Waals surface area contributed by atoms with Crippen LogP contribution in [-0.4, -0.2) is 52.9 Å². The van der Waals surface area contributed by atoms with Crippen LogP contribution >= 0.6 is 35.3 Å². The fraction of sp³-hybridized carbons (Fsp3) is 0.619. The number of hydrogen-bond donors (Lipinski definition) is 2. The number of guanidine groups is 1. The van der Waals surface area contributed by atoms with Gasteiger partial charge in [-0.3, -0.25) is 14.6 Å². The van der Waals surface area contributed by atoms with Crippen molar-refractivity contribution < 1.29 is 0 Å². The number of fused-ring (bicyclic) bond motifs is 1. The summed E-state index contributed by atoms with van der Waals surface area (Å²) in [5, 5.41) is 13.8. The van der Waals surface area contributed by atoms with Crippen molar-refractivity contribution in [1.29, 1.82) is 0 Å². The van der Waals surface area contributed by atoms with E-state index in [1.54, 1.807) is 4.88 Å². The van der Waals surface area contributed by atoms with Gasteiger partial charge < -0.3 is 10.6 Å². The molecule has 162 valence electrons. The van der Waals surface area contributed by atoms with Gasteiger partial charge in [-0.25, -0.2) is 0 Å². The van der Waals surface area contributed by atoms with Gasteiger partial charge in [-0.2, -0.15) is 5.10 Å². The van der Waals surface area contributed by atoms with Crippen LogP contribution in [0.25, 0.3) is 0 Å². The molecule has 1 aliphatic rings. The number of nitrogens with one attached hydrogen (secondary N) is 2. The van der Waals surface area contributed by atoms with Crippen LogP contribution in [0.2, 0.25) is 0 Å². The zero-order valence-corrected chi connectivity index (χ0v) is 21.6. The highest BCUT2D eigenvalue weighted by Crippen LogP contribution is 2.25. The smallest absolute Gasteiger partial charge is 0.191 e. The third-order valence-electron chi connectivity index (χ3n) is 5.80. The van der Waals surface area contributed by atoms with Crippen LogP contribution in [0.3, 0.4) is 0 Å². The van der Waals surface area contributed by atoms with Gasteiger partial charge in [0.1, 0.15) is 0 Å². The Bertz CT molecular complexity index is 827. The maximum absolute atomic E-state index is 4.52. The number of nitrogens with zero attached hydrogens (tertiary/aromatic N) is 4. The summed E-state index contributed by atoms with van der Waals surface area (Å²) in [6.45, 7) is 11.8. The molecule has 2 aromatic heterocycles. The highest BCUT2D eigenvalue weighted by molar-refractivity contribution is 14.0. The molecule has 0 fully saturated rings. The summed E-state index contributed by atoms with van der Waals surface area (Å²) < 4.78 is 1.96. The van der Waals surface area contributed by atoms with E-state index in [2.05, 4.69) is 64.8 Å². The number of thiophene rings is 1. The molecule has 2 aromatic rings. The Morgan fingerprint density at radius 2 is 2.10 bits per heavy atom. The minimum atomic E-state index is 0. The molecule has 0 spiro atoms. The van der Waals surface area contributed by atoms with Gasteiger partial charge in [0, 0.05) is 56.4 Å². The summed E-state index contributed by atoms with van der Waals surface area (Å²) >= 11 is 1.89. The van der Waals surface area contributed by atoms with Crippen molar-refractivity contribution in [2.24, 2.45) is 12.0 Å². The molecule has 0 bridgehead atoms. The predicted octanol–water partition coefficient (Wildman–Crippen LogP) is 3.26. The fourth-order valence-corrected chi connectivity index (χ4v) is 4.81. The van der Waals surface area contributed by atoms with E-state index in [4.69, 9.17) is 0 Å². The molecule has 8 heteroatoms. The van der Waals surface area contributed by atoms with Crippen molar-refractivity contribution in [3.8, 4) is 0 Å². The standard InChI is InChI=1S/C21H34N6S.HI/c1-14(11-19-16(3)25-26(6)17(19)4)24-21(22-5)23-12-15(2)27-9-7-20-18(13-27)8-10-28-20;/h8,10,14-15H,7,9,11-13H2,1-6H3,(H2,22,23,24);1H. The molecule has 0 radical (unpaired) electrons. The zero-order valence-electron chi connectivity index (χ0n) is 18.5. The molecule has 0 saturated heterocycles. The fourth-order valence-electron chi connectivity index (χ4n) is 3.92. The van der Waals surface area contributed by atoms with Crippen LogP contribution in [0.5, 0.6) is 0 Å². The molecule has 0 aliphatic carbocycles. The molecular formula is C21H35IN6S. The van der Waals surface area contributed by atoms with Crippen LogP contribution in [0, 0.1) is 13.8 Å². The molecule has 1 aliphatic heterocycles. The maximum Gasteiger partial charge on any atom is 0.191 e. The van der Waals surface area contributed by atoms with Crippen LogP contribution in [-0.2, 0) is 26.4 Å². The Hall–Kier alpha value is -1.13. The van der Waals surface area contributed by atoms with Gasteiger partial charge in [0.2, 0.25) is 0 Å². The first kappa shape index (κ1) is 24.1. The van der Waals surface area contributed by atoms with Crippen LogP contribution in [0.1, 0.15) is 41.2 Å². The molecule has 0 saturated carbocycles. The Kier molecular flexibility index (Phi) is 8.96. The highest BCUT2D eigenvalue weighted by atomic mass is 127. The van der Waals surface area contributed by atoms with Crippen molar-refractivity contribution in [3.63, 3.8) is 0 Å². The summed E-state index contributed by atoms with van der Waals surface area (Å²) in [4.78, 5) is 8.54. The van der Waals surface area contributed by atoms with Crippen molar-refractivity contribution in [2.75, 3.05) is 20.1 Å². The largest absolute Gasteiger partial charge is 0.355 e. The van der Waals surface area contributed by atoms with E-state index in [-0.39, 0.29) is 30.0 Å². The van der Waals surface area contributed by atoms with E-state index >= 15 is 0 Å². The van der Waals surface area contributed by atoms with Gasteiger partial charge in [-0.15, -0.1) is 35.3 Å². The predicted molar refractivity (Wildman–Crippen MR) is 134 cm³/mol. The van der Waals surface area contributed by atoms with E-state index < -0.39 is 0 Å². The molecular weight excluding hydrogens is 495 g/mol. The van der Waals surface area contributed by atoms with Crippen LogP contribution in [0.4, 0.5) is 0 Å². The molecule has 3 heterocycles. The number of aliphatic imine (C=N–C) groups is 1. The molecule has 0 aromatic carbocycles. The van der Waals surface area contributed by atoms with Gasteiger partial charge in [-0.05, 0) is 63.1 Å². The topological polar surface area (TPSA) is 57.5 Å². The zero-order chi connectivity index (χ0) is 20.3. The summed E-state index contributed by atoms with van der Waals surface area (Å²) in [6.07, 6.45) is 2.11. The number of hydrogen-bond acceptors (Lipinski definition) is 4. The molecule has 29 heavy (non-hydrogen) atoms. The van der Waals surface area contributed by atoms with Gasteiger partial charge in [0.15, 0.2) is 5.96 Å². The number of halogens is 1. The third kappa shape index (κ3) is 5.95.